The van der Waals surface area contributed by atoms with E-state index in [0.29, 0.717) is 29.8 Å². The van der Waals surface area contributed by atoms with Gasteiger partial charge >= 0.3 is 0 Å². The highest BCUT2D eigenvalue weighted by atomic mass is 16.5. The molecule has 28 heavy (non-hydrogen) atoms. The van der Waals surface area contributed by atoms with Crippen LogP contribution in [0.2, 0.25) is 0 Å². The fraction of sp³-hybridized carbons (Fsp3) is 0.684. The summed E-state index contributed by atoms with van der Waals surface area (Å²) in [6.45, 7) is 3.72. The van der Waals surface area contributed by atoms with Crippen LogP contribution in [0.25, 0.3) is 0 Å². The Morgan fingerprint density at radius 3 is 2.57 bits per heavy atom. The van der Waals surface area contributed by atoms with Crippen LogP contribution in [0.3, 0.4) is 0 Å². The number of hydrogen-bond donors (Lipinski definition) is 3. The van der Waals surface area contributed by atoms with Gasteiger partial charge in [0.15, 0.2) is 0 Å². The molecule has 1 saturated carbocycles. The van der Waals surface area contributed by atoms with Crippen molar-refractivity contribution in [2.45, 2.75) is 51.1 Å². The van der Waals surface area contributed by atoms with Crippen molar-refractivity contribution in [3.63, 3.8) is 0 Å². The van der Waals surface area contributed by atoms with Crippen molar-refractivity contribution >= 4 is 23.6 Å². The Labute approximate surface area is 165 Å². The summed E-state index contributed by atoms with van der Waals surface area (Å²) in [4.78, 5) is 33.9. The Kier molecular flexibility index (Phi) is 6.66. The quantitative estimate of drug-likeness (QED) is 0.640. The van der Waals surface area contributed by atoms with E-state index in [2.05, 4.69) is 20.6 Å². The molecule has 0 aromatic carbocycles. The Bertz CT molecular complexity index is 705. The van der Waals surface area contributed by atoms with Gasteiger partial charge in [-0.25, -0.2) is 4.98 Å². The number of hydrogen-bond acceptors (Lipinski definition) is 7. The highest BCUT2D eigenvalue weighted by Crippen LogP contribution is 2.27. The van der Waals surface area contributed by atoms with E-state index in [0.717, 1.165) is 45.3 Å². The second-order valence-electron chi connectivity index (χ2n) is 7.73. The number of rotatable bonds is 7. The standard InChI is InChI=1S/C19H30N6O3/c1-12(26)25-8-7-15(10-25)23-19-21-9-16(17(20)27)18(24-19)22-14-5-3-13(4-6-14)11-28-2/h9,13-15H,3-8,10-11H2,1-2H3,(H2,20,27)(H2,21,22,23,24)/t13?,14?,15-/m1/s1. The van der Waals surface area contributed by atoms with E-state index < -0.39 is 5.91 Å². The summed E-state index contributed by atoms with van der Waals surface area (Å²) < 4.78 is 5.25. The number of ether oxygens (including phenoxy) is 1. The molecule has 4 N–H and O–H groups in total. The van der Waals surface area contributed by atoms with Crippen LogP contribution in [0.5, 0.6) is 0 Å². The van der Waals surface area contributed by atoms with E-state index in [-0.39, 0.29) is 18.0 Å². The monoisotopic (exact) mass is 390 g/mol. The van der Waals surface area contributed by atoms with Gasteiger partial charge in [-0.2, -0.15) is 4.98 Å². The highest BCUT2D eigenvalue weighted by molar-refractivity contribution is 5.97. The van der Waals surface area contributed by atoms with Crippen LogP contribution in [0.1, 0.15) is 49.4 Å². The van der Waals surface area contributed by atoms with E-state index in [1.165, 1.54) is 6.20 Å². The zero-order valence-electron chi connectivity index (χ0n) is 16.6. The molecule has 1 saturated heterocycles. The number of primary amides is 1. The maximum atomic E-state index is 11.8. The van der Waals surface area contributed by atoms with Crippen LogP contribution in [0.4, 0.5) is 11.8 Å². The molecular weight excluding hydrogens is 360 g/mol. The molecule has 2 heterocycles. The number of anilines is 2. The minimum absolute atomic E-state index is 0.0701. The zero-order valence-corrected chi connectivity index (χ0v) is 16.6. The fourth-order valence-corrected chi connectivity index (χ4v) is 3.99. The Morgan fingerprint density at radius 2 is 1.96 bits per heavy atom. The summed E-state index contributed by atoms with van der Waals surface area (Å²) in [5.41, 5.74) is 5.80. The van der Waals surface area contributed by atoms with Crippen molar-refractivity contribution in [1.29, 1.82) is 0 Å². The molecule has 0 bridgehead atoms. The summed E-state index contributed by atoms with van der Waals surface area (Å²) in [7, 11) is 1.73. The minimum Gasteiger partial charge on any atom is -0.384 e. The number of carbonyl (C=O) groups is 2. The minimum atomic E-state index is -0.550. The van der Waals surface area contributed by atoms with Crippen molar-refractivity contribution in [3.05, 3.63) is 11.8 Å². The van der Waals surface area contributed by atoms with Gasteiger partial charge in [-0.3, -0.25) is 9.59 Å². The number of nitrogens with zero attached hydrogens (tertiary/aromatic N) is 3. The second kappa shape index (κ2) is 9.18. The van der Waals surface area contributed by atoms with Gasteiger partial charge in [0, 0.05) is 52.0 Å². The molecule has 0 radical (unpaired) electrons. The Morgan fingerprint density at radius 1 is 1.21 bits per heavy atom. The van der Waals surface area contributed by atoms with Gasteiger partial charge in [-0.05, 0) is 38.0 Å². The smallest absolute Gasteiger partial charge is 0.254 e. The van der Waals surface area contributed by atoms with Crippen molar-refractivity contribution in [3.8, 4) is 0 Å². The molecule has 1 aromatic heterocycles. The van der Waals surface area contributed by atoms with Crippen LogP contribution >= 0.6 is 0 Å². The molecule has 2 fully saturated rings. The number of carbonyl (C=O) groups excluding carboxylic acids is 2. The molecule has 9 heteroatoms. The van der Waals surface area contributed by atoms with Gasteiger partial charge in [-0.1, -0.05) is 0 Å². The zero-order chi connectivity index (χ0) is 20.1. The number of amides is 2. The van der Waals surface area contributed by atoms with E-state index in [4.69, 9.17) is 10.5 Å². The van der Waals surface area contributed by atoms with Crippen molar-refractivity contribution in [2.75, 3.05) is 37.4 Å². The van der Waals surface area contributed by atoms with Crippen LogP contribution < -0.4 is 16.4 Å². The van der Waals surface area contributed by atoms with Gasteiger partial charge in [-0.15, -0.1) is 0 Å². The number of likely N-dealkylation sites (tertiary alicyclic amines) is 1. The molecule has 2 amide bonds. The third-order valence-electron chi connectivity index (χ3n) is 5.61. The maximum absolute atomic E-state index is 11.8. The van der Waals surface area contributed by atoms with Gasteiger partial charge in [0.1, 0.15) is 5.82 Å². The van der Waals surface area contributed by atoms with Crippen LogP contribution in [-0.2, 0) is 9.53 Å². The van der Waals surface area contributed by atoms with Gasteiger partial charge in [0.2, 0.25) is 11.9 Å². The van der Waals surface area contributed by atoms with Gasteiger partial charge in [0.25, 0.3) is 5.91 Å². The van der Waals surface area contributed by atoms with E-state index in [1.807, 2.05) is 0 Å². The van der Waals surface area contributed by atoms with Crippen molar-refractivity contribution in [1.82, 2.24) is 14.9 Å². The molecule has 154 valence electrons. The number of nitrogens with one attached hydrogen (secondary N) is 2. The van der Waals surface area contributed by atoms with Crippen LogP contribution in [-0.4, -0.2) is 65.6 Å². The molecule has 0 spiro atoms. The van der Waals surface area contributed by atoms with E-state index in [9.17, 15) is 9.59 Å². The summed E-state index contributed by atoms with van der Waals surface area (Å²) in [6.07, 6.45) is 6.46. The summed E-state index contributed by atoms with van der Waals surface area (Å²) in [5.74, 6) is 1.02. The van der Waals surface area contributed by atoms with Crippen LogP contribution in [0, 0.1) is 5.92 Å². The maximum Gasteiger partial charge on any atom is 0.254 e. The first kappa shape index (κ1) is 20.3. The lowest BCUT2D eigenvalue weighted by atomic mass is 9.86. The SMILES string of the molecule is COCC1CCC(Nc2nc(N[C@@H]3CCN(C(C)=O)C3)ncc2C(N)=O)CC1. The third kappa shape index (κ3) is 5.09. The van der Waals surface area contributed by atoms with Crippen LogP contribution in [0.15, 0.2) is 6.20 Å². The number of nitrogens with two attached hydrogens (primary N) is 1. The molecule has 1 aromatic rings. The van der Waals surface area contributed by atoms with Gasteiger partial charge in [0.05, 0.1) is 5.56 Å². The molecule has 1 aliphatic heterocycles. The third-order valence-corrected chi connectivity index (χ3v) is 5.61. The Balaban J connectivity index is 1.65. The molecule has 0 unspecified atom stereocenters. The number of methoxy groups -OCH3 is 1. The Hall–Kier alpha value is -2.42. The fourth-order valence-electron chi connectivity index (χ4n) is 3.99. The van der Waals surface area contributed by atoms with E-state index in [1.54, 1.807) is 18.9 Å². The lowest BCUT2D eigenvalue weighted by Gasteiger charge is -2.29. The largest absolute Gasteiger partial charge is 0.384 e. The molecule has 3 rings (SSSR count). The first-order valence-corrected chi connectivity index (χ1v) is 9.90. The van der Waals surface area contributed by atoms with E-state index >= 15 is 0 Å². The average molecular weight is 390 g/mol. The summed E-state index contributed by atoms with van der Waals surface area (Å²) >= 11 is 0. The molecule has 9 nitrogen and oxygen atoms in total. The van der Waals surface area contributed by atoms with Crippen molar-refractivity contribution < 1.29 is 14.3 Å². The highest BCUT2D eigenvalue weighted by Gasteiger charge is 2.26. The summed E-state index contributed by atoms with van der Waals surface area (Å²) in [6, 6.07) is 0.342. The first-order chi connectivity index (χ1) is 13.5. The topological polar surface area (TPSA) is 122 Å². The molecule has 2 aliphatic rings. The molecule has 1 aliphatic carbocycles. The lowest BCUT2D eigenvalue weighted by molar-refractivity contribution is -0.127. The summed E-state index contributed by atoms with van der Waals surface area (Å²) in [5, 5.41) is 6.66. The average Bonchev–Trinajstić information content (AvgIpc) is 3.12. The first-order valence-electron chi connectivity index (χ1n) is 9.90. The number of aromatic nitrogens is 2. The second-order valence-corrected chi connectivity index (χ2v) is 7.73. The predicted octanol–water partition coefficient (Wildman–Crippen LogP) is 1.23. The molecule has 1 atom stereocenters. The van der Waals surface area contributed by atoms with Gasteiger partial charge < -0.3 is 26.0 Å². The lowest BCUT2D eigenvalue weighted by Crippen LogP contribution is -2.31. The predicted molar refractivity (Wildman–Crippen MR) is 106 cm³/mol. The van der Waals surface area contributed by atoms with Crippen molar-refractivity contribution in [2.24, 2.45) is 11.7 Å². The normalized spacial score (nSPS) is 24.8. The molecular formula is C19H30N6O3.